The topological polar surface area (TPSA) is 129 Å². The standard InChI is InChI=1S/C22H18N10/c1-12-3-4-24-7-16(12)14-5-15-19(29-30-21(15)26-6-14)22-28-20-17(31-10-13(2)27-11-31)8-25-9-18(20)32(22)23/h3-11H,23H2,1-2H3,(H,26,29,30). The summed E-state index contributed by atoms with van der Waals surface area (Å²) >= 11 is 0. The number of fused-ring (bicyclic) bond motifs is 2. The average molecular weight is 422 g/mol. The van der Waals surface area contributed by atoms with E-state index in [1.807, 2.05) is 49.1 Å². The Hall–Kier alpha value is -4.60. The van der Waals surface area contributed by atoms with E-state index in [0.717, 1.165) is 33.5 Å². The van der Waals surface area contributed by atoms with Gasteiger partial charge in [0.25, 0.3) is 0 Å². The van der Waals surface area contributed by atoms with Crippen molar-refractivity contribution in [2.75, 3.05) is 5.84 Å². The van der Waals surface area contributed by atoms with Gasteiger partial charge >= 0.3 is 0 Å². The summed E-state index contributed by atoms with van der Waals surface area (Å²) in [5.41, 5.74) is 7.42. The maximum absolute atomic E-state index is 6.45. The maximum atomic E-state index is 6.45. The largest absolute Gasteiger partial charge is 0.337 e. The molecular weight excluding hydrogens is 404 g/mol. The highest BCUT2D eigenvalue weighted by molar-refractivity contribution is 5.95. The van der Waals surface area contributed by atoms with Gasteiger partial charge in [-0.1, -0.05) is 0 Å². The molecule has 0 aliphatic heterocycles. The number of hydrogen-bond acceptors (Lipinski definition) is 7. The Balaban J connectivity index is 1.56. The fraction of sp³-hybridized carbons (Fsp3) is 0.0909. The van der Waals surface area contributed by atoms with E-state index in [-0.39, 0.29) is 0 Å². The maximum Gasteiger partial charge on any atom is 0.181 e. The number of nitrogens with two attached hydrogens (primary N) is 1. The van der Waals surface area contributed by atoms with Crippen LogP contribution in [0.15, 0.2) is 55.6 Å². The van der Waals surface area contributed by atoms with Crippen LogP contribution in [-0.2, 0) is 0 Å². The minimum absolute atomic E-state index is 0.513. The average Bonchev–Trinajstić information content (AvgIpc) is 3.51. The number of H-pyrrole nitrogens is 1. The van der Waals surface area contributed by atoms with E-state index in [1.54, 1.807) is 24.9 Å². The third-order valence-electron chi connectivity index (χ3n) is 5.55. The van der Waals surface area contributed by atoms with Crippen molar-refractivity contribution in [1.82, 2.24) is 44.4 Å². The van der Waals surface area contributed by atoms with Crippen LogP contribution in [0.5, 0.6) is 0 Å². The van der Waals surface area contributed by atoms with E-state index in [2.05, 4.69) is 30.1 Å². The van der Waals surface area contributed by atoms with Crippen LogP contribution in [0.4, 0.5) is 0 Å². The quantitative estimate of drug-likeness (QED) is 0.419. The lowest BCUT2D eigenvalue weighted by Gasteiger charge is -2.05. The molecule has 0 saturated heterocycles. The first-order chi connectivity index (χ1) is 15.6. The summed E-state index contributed by atoms with van der Waals surface area (Å²) in [7, 11) is 0. The Kier molecular flexibility index (Phi) is 3.81. The Bertz CT molecular complexity index is 1620. The van der Waals surface area contributed by atoms with Crippen molar-refractivity contribution >= 4 is 22.1 Å². The molecule has 32 heavy (non-hydrogen) atoms. The zero-order valence-corrected chi connectivity index (χ0v) is 17.4. The van der Waals surface area contributed by atoms with Crippen LogP contribution in [0.25, 0.3) is 50.4 Å². The Labute approximate surface area is 181 Å². The van der Waals surface area contributed by atoms with Crippen LogP contribution in [-0.4, -0.2) is 44.4 Å². The van der Waals surface area contributed by atoms with Gasteiger partial charge in [0.2, 0.25) is 0 Å². The van der Waals surface area contributed by atoms with Gasteiger partial charge in [0.1, 0.15) is 16.7 Å². The fourth-order valence-corrected chi connectivity index (χ4v) is 3.89. The molecule has 0 spiro atoms. The van der Waals surface area contributed by atoms with E-state index in [9.17, 15) is 0 Å². The van der Waals surface area contributed by atoms with Gasteiger partial charge in [0.15, 0.2) is 11.5 Å². The first-order valence-electron chi connectivity index (χ1n) is 9.98. The molecular formula is C22H18N10. The molecule has 0 aliphatic rings. The molecule has 0 aliphatic carbocycles. The predicted octanol–water partition coefficient (Wildman–Crippen LogP) is 2.95. The normalized spacial score (nSPS) is 11.6. The van der Waals surface area contributed by atoms with Gasteiger partial charge in [-0.3, -0.25) is 15.1 Å². The smallest absolute Gasteiger partial charge is 0.181 e. The van der Waals surface area contributed by atoms with Crippen molar-refractivity contribution in [1.29, 1.82) is 0 Å². The summed E-state index contributed by atoms with van der Waals surface area (Å²) in [6.07, 6.45) is 12.5. The molecule has 0 saturated carbocycles. The number of pyridine rings is 3. The molecule has 0 radical (unpaired) electrons. The highest BCUT2D eigenvalue weighted by Crippen LogP contribution is 2.31. The van der Waals surface area contributed by atoms with Gasteiger partial charge in [-0.25, -0.2) is 19.6 Å². The monoisotopic (exact) mass is 422 g/mol. The third-order valence-corrected chi connectivity index (χ3v) is 5.55. The van der Waals surface area contributed by atoms with E-state index in [0.29, 0.717) is 28.2 Å². The molecule has 6 aromatic heterocycles. The minimum atomic E-state index is 0.513. The molecule has 6 heterocycles. The second-order valence-corrected chi connectivity index (χ2v) is 7.64. The number of nitrogens with one attached hydrogen (secondary N) is 1. The molecule has 10 nitrogen and oxygen atoms in total. The SMILES string of the molecule is Cc1cn(-c2cncc3c2nc(-c2n[nH]c4ncc(-c5cnccc5C)cc24)n3N)cn1. The molecule has 156 valence electrons. The van der Waals surface area contributed by atoms with Crippen LogP contribution in [0, 0.1) is 13.8 Å². The number of aromatic amines is 1. The lowest BCUT2D eigenvalue weighted by atomic mass is 10.0. The van der Waals surface area contributed by atoms with Crippen molar-refractivity contribution in [3.63, 3.8) is 0 Å². The Morgan fingerprint density at radius 3 is 2.75 bits per heavy atom. The van der Waals surface area contributed by atoms with Crippen molar-refractivity contribution in [2.45, 2.75) is 13.8 Å². The Morgan fingerprint density at radius 2 is 1.94 bits per heavy atom. The van der Waals surface area contributed by atoms with Gasteiger partial charge in [0, 0.05) is 35.9 Å². The second-order valence-electron chi connectivity index (χ2n) is 7.64. The van der Waals surface area contributed by atoms with E-state index in [4.69, 9.17) is 10.8 Å². The van der Waals surface area contributed by atoms with Crippen molar-refractivity contribution in [3.05, 3.63) is 66.9 Å². The van der Waals surface area contributed by atoms with Crippen LogP contribution in [0.1, 0.15) is 11.3 Å². The highest BCUT2D eigenvalue weighted by Gasteiger charge is 2.20. The van der Waals surface area contributed by atoms with Gasteiger partial charge in [-0.05, 0) is 31.5 Å². The minimum Gasteiger partial charge on any atom is -0.337 e. The molecule has 0 amide bonds. The molecule has 0 fully saturated rings. The number of rotatable bonds is 3. The van der Waals surface area contributed by atoms with Crippen LogP contribution in [0.3, 0.4) is 0 Å². The molecule has 0 bridgehead atoms. The molecule has 3 N–H and O–H groups in total. The zero-order valence-electron chi connectivity index (χ0n) is 17.4. The summed E-state index contributed by atoms with van der Waals surface area (Å²) in [6.45, 7) is 3.98. The van der Waals surface area contributed by atoms with Gasteiger partial charge < -0.3 is 10.4 Å². The number of imidazole rings is 2. The molecule has 6 aromatic rings. The predicted molar refractivity (Wildman–Crippen MR) is 120 cm³/mol. The molecule has 0 atom stereocenters. The van der Waals surface area contributed by atoms with E-state index in [1.165, 1.54) is 4.68 Å². The number of nitrogen functional groups attached to an aromatic ring is 1. The van der Waals surface area contributed by atoms with Crippen LogP contribution >= 0.6 is 0 Å². The van der Waals surface area contributed by atoms with Crippen LogP contribution in [0.2, 0.25) is 0 Å². The number of aromatic nitrogens is 9. The van der Waals surface area contributed by atoms with Gasteiger partial charge in [-0.15, -0.1) is 0 Å². The number of aryl methyl sites for hydroxylation is 2. The molecule has 0 unspecified atom stereocenters. The fourth-order valence-electron chi connectivity index (χ4n) is 3.89. The van der Waals surface area contributed by atoms with Crippen molar-refractivity contribution in [3.8, 4) is 28.3 Å². The summed E-state index contributed by atoms with van der Waals surface area (Å²) in [5.74, 6) is 6.96. The van der Waals surface area contributed by atoms with Gasteiger partial charge in [0.05, 0.1) is 35.5 Å². The highest BCUT2D eigenvalue weighted by atomic mass is 15.3. The molecule has 0 aromatic carbocycles. The summed E-state index contributed by atoms with van der Waals surface area (Å²) in [4.78, 5) is 22.3. The van der Waals surface area contributed by atoms with Crippen molar-refractivity contribution in [2.24, 2.45) is 0 Å². The lowest BCUT2D eigenvalue weighted by Crippen LogP contribution is -2.10. The van der Waals surface area contributed by atoms with Gasteiger partial charge in [-0.2, -0.15) is 5.10 Å². The summed E-state index contributed by atoms with van der Waals surface area (Å²) in [5, 5.41) is 8.28. The zero-order chi connectivity index (χ0) is 21.8. The van der Waals surface area contributed by atoms with Crippen molar-refractivity contribution < 1.29 is 0 Å². The Morgan fingerprint density at radius 1 is 1.03 bits per heavy atom. The number of hydrogen-bond donors (Lipinski definition) is 2. The first-order valence-corrected chi connectivity index (χ1v) is 9.98. The summed E-state index contributed by atoms with van der Waals surface area (Å²) < 4.78 is 3.39. The second kappa shape index (κ2) is 6.71. The number of nitrogens with zero attached hydrogens (tertiary/aromatic N) is 8. The molecule has 6 rings (SSSR count). The van der Waals surface area contributed by atoms with E-state index < -0.39 is 0 Å². The molecule has 10 heteroatoms. The van der Waals surface area contributed by atoms with Crippen LogP contribution < -0.4 is 5.84 Å². The lowest BCUT2D eigenvalue weighted by molar-refractivity contribution is 1.01. The first kappa shape index (κ1) is 18.2. The third kappa shape index (κ3) is 2.66. The summed E-state index contributed by atoms with van der Waals surface area (Å²) in [6, 6.07) is 4.00. The van der Waals surface area contributed by atoms with E-state index >= 15 is 0 Å².